The number of fused-ring (bicyclic) bond motifs is 11. The van der Waals surface area contributed by atoms with Crippen molar-refractivity contribution >= 4 is 103 Å². The Balaban J connectivity index is 1.27. The third-order valence-corrected chi connectivity index (χ3v) is 9.97. The minimum atomic E-state index is 0.885. The van der Waals surface area contributed by atoms with Crippen molar-refractivity contribution in [2.45, 2.75) is 0 Å². The van der Waals surface area contributed by atoms with Gasteiger partial charge in [-0.05, 0) is 83.6 Å². The first-order chi connectivity index (χ1) is 21.8. The van der Waals surface area contributed by atoms with Crippen molar-refractivity contribution in [2.24, 2.45) is 0 Å². The summed E-state index contributed by atoms with van der Waals surface area (Å²) in [5, 5.41) is 9.55. The number of anilines is 3. The van der Waals surface area contributed by atoms with E-state index < -0.39 is 0 Å². The van der Waals surface area contributed by atoms with Gasteiger partial charge in [0, 0.05) is 58.8 Å². The van der Waals surface area contributed by atoms with E-state index in [1.54, 1.807) is 0 Å². The molecule has 0 bridgehead atoms. The highest BCUT2D eigenvalue weighted by Gasteiger charge is 2.19. The molecule has 0 N–H and O–H groups in total. The molecule has 0 amide bonds. The van der Waals surface area contributed by atoms with E-state index in [2.05, 4.69) is 120 Å². The van der Waals surface area contributed by atoms with E-state index in [9.17, 15) is 0 Å². The normalized spacial score (nSPS) is 12.1. The summed E-state index contributed by atoms with van der Waals surface area (Å²) in [5.74, 6) is 0. The minimum Gasteiger partial charge on any atom is -0.456 e. The van der Waals surface area contributed by atoms with Gasteiger partial charge >= 0.3 is 0 Å². The van der Waals surface area contributed by atoms with Gasteiger partial charge in [0.1, 0.15) is 22.3 Å². The molecule has 44 heavy (non-hydrogen) atoms. The highest BCUT2D eigenvalue weighted by atomic mass is 32.1. The molecule has 0 saturated carbocycles. The SMILES string of the molecule is c1ccc2c(c1)oc1ccc(N(c3ccc4oc5ccccc5c4c3)c3ccc4ccc5sc6ccccc6c5c4c3)cc12. The Hall–Kier alpha value is -5.58. The van der Waals surface area contributed by atoms with E-state index >= 15 is 0 Å². The van der Waals surface area contributed by atoms with Crippen LogP contribution in [0.1, 0.15) is 0 Å². The van der Waals surface area contributed by atoms with Crippen molar-refractivity contribution in [3.63, 3.8) is 0 Å². The van der Waals surface area contributed by atoms with E-state index in [1.165, 1.54) is 30.9 Å². The number of nitrogens with zero attached hydrogens (tertiary/aromatic N) is 1. The highest BCUT2D eigenvalue weighted by molar-refractivity contribution is 7.26. The molecule has 0 aliphatic rings. The lowest BCUT2D eigenvalue weighted by atomic mass is 10.0. The van der Waals surface area contributed by atoms with Gasteiger partial charge in [-0.3, -0.25) is 0 Å². The predicted molar refractivity (Wildman–Crippen MR) is 186 cm³/mol. The van der Waals surface area contributed by atoms with Crippen LogP contribution in [0.15, 0.2) is 148 Å². The lowest BCUT2D eigenvalue weighted by Gasteiger charge is -2.26. The van der Waals surface area contributed by atoms with Crippen LogP contribution in [0.4, 0.5) is 17.1 Å². The lowest BCUT2D eigenvalue weighted by molar-refractivity contribution is 0.668. The summed E-state index contributed by atoms with van der Waals surface area (Å²) in [7, 11) is 0. The average Bonchev–Trinajstić information content (AvgIpc) is 3.76. The fourth-order valence-corrected chi connectivity index (χ4v) is 7.95. The van der Waals surface area contributed by atoms with Crippen molar-refractivity contribution < 1.29 is 8.83 Å². The van der Waals surface area contributed by atoms with E-state index in [4.69, 9.17) is 8.83 Å². The molecule has 0 aliphatic carbocycles. The Kier molecular flexibility index (Phi) is 4.87. The Morgan fingerprint density at radius 2 is 0.886 bits per heavy atom. The molecule has 0 radical (unpaired) electrons. The van der Waals surface area contributed by atoms with E-state index in [-0.39, 0.29) is 0 Å². The van der Waals surface area contributed by atoms with E-state index in [1.807, 2.05) is 35.6 Å². The molecule has 7 aromatic carbocycles. The summed E-state index contributed by atoms with van der Waals surface area (Å²) in [6, 6.07) is 49.6. The maximum Gasteiger partial charge on any atom is 0.135 e. The second kappa shape index (κ2) is 8.96. The molecule has 3 heterocycles. The standard InChI is InChI=1S/C40H23NO2S/c1-4-10-34-28(7-1)32-22-26(16-18-36(32)42-34)41(27-17-19-37-33(23-27)29-8-2-5-11-35(29)43-37)25-15-13-24-14-20-39-40(31(24)21-25)30-9-3-6-12-38(30)44-39/h1-23H. The second-order valence-electron chi connectivity index (χ2n) is 11.3. The molecule has 0 fully saturated rings. The zero-order valence-electron chi connectivity index (χ0n) is 23.5. The molecular weight excluding hydrogens is 559 g/mol. The van der Waals surface area contributed by atoms with E-state index in [0.29, 0.717) is 0 Å². The van der Waals surface area contributed by atoms with Crippen LogP contribution in [-0.4, -0.2) is 0 Å². The van der Waals surface area contributed by atoms with Crippen molar-refractivity contribution in [1.82, 2.24) is 0 Å². The van der Waals surface area contributed by atoms with Gasteiger partial charge in [-0.25, -0.2) is 0 Å². The van der Waals surface area contributed by atoms with Gasteiger partial charge in [0.25, 0.3) is 0 Å². The topological polar surface area (TPSA) is 29.5 Å². The molecule has 3 nitrogen and oxygen atoms in total. The predicted octanol–water partition coefficient (Wildman–Crippen LogP) is 12.5. The van der Waals surface area contributed by atoms with Crippen LogP contribution in [-0.2, 0) is 0 Å². The number of hydrogen-bond acceptors (Lipinski definition) is 4. The molecule has 0 spiro atoms. The zero-order valence-corrected chi connectivity index (χ0v) is 24.3. The van der Waals surface area contributed by atoms with Crippen LogP contribution in [0.25, 0.3) is 74.8 Å². The smallest absolute Gasteiger partial charge is 0.135 e. The van der Waals surface area contributed by atoms with Gasteiger partial charge in [0.05, 0.1) is 0 Å². The summed E-state index contributed by atoms with van der Waals surface area (Å²) in [5.41, 5.74) is 6.80. The fraction of sp³-hybridized carbons (Fsp3) is 0. The summed E-state index contributed by atoms with van der Waals surface area (Å²) in [6.45, 7) is 0. The number of benzene rings is 7. The number of para-hydroxylation sites is 2. The molecule has 0 saturated heterocycles. The van der Waals surface area contributed by atoms with Crippen LogP contribution < -0.4 is 4.90 Å². The Labute approximate surface area is 255 Å². The largest absolute Gasteiger partial charge is 0.456 e. The van der Waals surface area contributed by atoms with Crippen molar-refractivity contribution in [2.75, 3.05) is 4.90 Å². The van der Waals surface area contributed by atoms with Crippen LogP contribution >= 0.6 is 11.3 Å². The summed E-state index contributed by atoms with van der Waals surface area (Å²) < 4.78 is 15.0. The maximum absolute atomic E-state index is 6.20. The molecule has 0 aliphatic heterocycles. The fourth-order valence-electron chi connectivity index (χ4n) is 6.82. The molecule has 0 atom stereocenters. The van der Waals surface area contributed by atoms with Gasteiger partial charge in [0.15, 0.2) is 0 Å². The average molecular weight is 582 g/mol. The van der Waals surface area contributed by atoms with Gasteiger partial charge in [0.2, 0.25) is 0 Å². The summed E-state index contributed by atoms with van der Waals surface area (Å²) >= 11 is 1.86. The van der Waals surface area contributed by atoms with Gasteiger partial charge < -0.3 is 13.7 Å². The van der Waals surface area contributed by atoms with Crippen molar-refractivity contribution in [1.29, 1.82) is 0 Å². The molecule has 10 rings (SSSR count). The third-order valence-electron chi connectivity index (χ3n) is 8.84. The number of furan rings is 2. The monoisotopic (exact) mass is 581 g/mol. The molecule has 3 aromatic heterocycles. The Morgan fingerprint density at radius 3 is 1.55 bits per heavy atom. The molecule has 0 unspecified atom stereocenters. The first-order valence-corrected chi connectivity index (χ1v) is 15.6. The summed E-state index contributed by atoms with van der Waals surface area (Å²) in [4.78, 5) is 2.36. The first-order valence-electron chi connectivity index (χ1n) is 14.8. The highest BCUT2D eigenvalue weighted by Crippen LogP contribution is 2.44. The maximum atomic E-state index is 6.20. The van der Waals surface area contributed by atoms with Gasteiger partial charge in [-0.1, -0.05) is 66.7 Å². The quantitative estimate of drug-likeness (QED) is 0.208. The van der Waals surface area contributed by atoms with Crippen LogP contribution in [0.2, 0.25) is 0 Å². The Morgan fingerprint density at radius 1 is 0.386 bits per heavy atom. The number of hydrogen-bond donors (Lipinski definition) is 0. The second-order valence-corrected chi connectivity index (χ2v) is 12.4. The summed E-state index contributed by atoms with van der Waals surface area (Å²) in [6.07, 6.45) is 0. The molecule has 4 heteroatoms. The number of rotatable bonds is 3. The zero-order chi connectivity index (χ0) is 28.8. The molecule has 10 aromatic rings. The lowest BCUT2D eigenvalue weighted by Crippen LogP contribution is -2.09. The number of thiophene rings is 1. The minimum absolute atomic E-state index is 0.885. The van der Waals surface area contributed by atoms with Crippen molar-refractivity contribution in [3.8, 4) is 0 Å². The van der Waals surface area contributed by atoms with Gasteiger partial charge in [-0.15, -0.1) is 11.3 Å². The molecule has 206 valence electrons. The van der Waals surface area contributed by atoms with E-state index in [0.717, 1.165) is 60.9 Å². The Bertz CT molecular complexity index is 2630. The van der Waals surface area contributed by atoms with Crippen LogP contribution in [0.3, 0.4) is 0 Å². The first kappa shape index (κ1) is 23.9. The van der Waals surface area contributed by atoms with Crippen LogP contribution in [0, 0.1) is 0 Å². The third kappa shape index (κ3) is 3.43. The van der Waals surface area contributed by atoms with Crippen molar-refractivity contribution in [3.05, 3.63) is 140 Å². The molecular formula is C40H23NO2S. The van der Waals surface area contributed by atoms with Crippen LogP contribution in [0.5, 0.6) is 0 Å². The van der Waals surface area contributed by atoms with Gasteiger partial charge in [-0.2, -0.15) is 0 Å².